The number of carboxylic acids is 1. The summed E-state index contributed by atoms with van der Waals surface area (Å²) in [5.41, 5.74) is 4.60. The Bertz CT molecular complexity index is 843. The van der Waals surface area contributed by atoms with Gasteiger partial charge in [0.15, 0.2) is 0 Å². The molecule has 0 aliphatic heterocycles. The van der Waals surface area contributed by atoms with Crippen LogP contribution in [-0.4, -0.2) is 29.4 Å². The first-order valence-electron chi connectivity index (χ1n) is 8.52. The minimum Gasteiger partial charge on any atom is -0.480 e. The zero-order valence-electron chi connectivity index (χ0n) is 14.2. The Morgan fingerprint density at radius 3 is 2.42 bits per heavy atom. The van der Waals surface area contributed by atoms with Crippen molar-refractivity contribution in [3.05, 3.63) is 64.7 Å². The van der Waals surface area contributed by atoms with Crippen LogP contribution >= 0.6 is 0 Å². The van der Waals surface area contributed by atoms with E-state index in [1.165, 1.54) is 11.1 Å². The minimum absolute atomic E-state index is 0.0896. The van der Waals surface area contributed by atoms with Gasteiger partial charge in [-0.15, -0.1) is 0 Å². The Hall–Kier alpha value is -3.15. The smallest absolute Gasteiger partial charge is 0.322 e. The Morgan fingerprint density at radius 2 is 1.69 bits per heavy atom. The molecule has 2 amide bonds. The number of hydrogen-bond acceptors (Lipinski definition) is 3. The lowest BCUT2D eigenvalue weighted by Gasteiger charge is -2.08. The molecule has 134 valence electrons. The SMILES string of the molecule is O=C(O)CNC(=O)Cc1ccc(NC(=O)c2ccc3c(c2)CCC3)cc1. The number of carbonyl (C=O) groups is 3. The number of aliphatic carboxylic acids is 1. The van der Waals surface area contributed by atoms with Crippen LogP contribution in [0.1, 0.15) is 33.5 Å². The quantitative estimate of drug-likeness (QED) is 0.742. The van der Waals surface area contributed by atoms with Crippen molar-refractivity contribution in [1.29, 1.82) is 0 Å². The molecule has 3 N–H and O–H groups in total. The van der Waals surface area contributed by atoms with Gasteiger partial charge in [0.25, 0.3) is 5.91 Å². The number of carbonyl (C=O) groups excluding carboxylic acids is 2. The van der Waals surface area contributed by atoms with E-state index >= 15 is 0 Å². The van der Waals surface area contributed by atoms with Crippen molar-refractivity contribution in [2.24, 2.45) is 0 Å². The van der Waals surface area contributed by atoms with Crippen LogP contribution in [0.5, 0.6) is 0 Å². The Labute approximate surface area is 151 Å². The fraction of sp³-hybridized carbons (Fsp3) is 0.250. The lowest BCUT2D eigenvalue weighted by atomic mass is 10.1. The molecule has 26 heavy (non-hydrogen) atoms. The summed E-state index contributed by atoms with van der Waals surface area (Å²) in [5, 5.41) is 13.7. The van der Waals surface area contributed by atoms with E-state index in [1.54, 1.807) is 24.3 Å². The van der Waals surface area contributed by atoms with E-state index in [0.717, 1.165) is 24.8 Å². The molecule has 2 aromatic carbocycles. The van der Waals surface area contributed by atoms with Gasteiger partial charge in [-0.3, -0.25) is 14.4 Å². The lowest BCUT2D eigenvalue weighted by Crippen LogP contribution is -2.30. The van der Waals surface area contributed by atoms with Crippen LogP contribution < -0.4 is 10.6 Å². The maximum Gasteiger partial charge on any atom is 0.322 e. The molecule has 3 rings (SSSR count). The topological polar surface area (TPSA) is 95.5 Å². The molecule has 6 heteroatoms. The van der Waals surface area contributed by atoms with Crippen molar-refractivity contribution >= 4 is 23.5 Å². The summed E-state index contributed by atoms with van der Waals surface area (Å²) in [6.07, 6.45) is 3.34. The molecule has 0 heterocycles. The van der Waals surface area contributed by atoms with Crippen molar-refractivity contribution in [2.45, 2.75) is 25.7 Å². The number of aryl methyl sites for hydroxylation is 2. The summed E-state index contributed by atoms with van der Waals surface area (Å²) < 4.78 is 0. The average Bonchev–Trinajstić information content (AvgIpc) is 3.09. The molecule has 0 saturated heterocycles. The Morgan fingerprint density at radius 1 is 0.962 bits per heavy atom. The molecule has 0 fully saturated rings. The molecule has 0 atom stereocenters. The third-order valence-electron chi connectivity index (χ3n) is 4.37. The van der Waals surface area contributed by atoms with Crippen molar-refractivity contribution in [1.82, 2.24) is 5.32 Å². The van der Waals surface area contributed by atoms with Crippen LogP contribution in [-0.2, 0) is 28.9 Å². The number of benzene rings is 2. The summed E-state index contributed by atoms with van der Waals surface area (Å²) >= 11 is 0. The summed E-state index contributed by atoms with van der Waals surface area (Å²) in [6, 6.07) is 12.8. The van der Waals surface area contributed by atoms with Crippen LogP contribution in [0.4, 0.5) is 5.69 Å². The highest BCUT2D eigenvalue weighted by molar-refractivity contribution is 6.04. The molecule has 2 aromatic rings. The van der Waals surface area contributed by atoms with Crippen LogP contribution in [0.25, 0.3) is 0 Å². The van der Waals surface area contributed by atoms with Crippen LogP contribution in [0.15, 0.2) is 42.5 Å². The summed E-state index contributed by atoms with van der Waals surface area (Å²) in [5.74, 6) is -1.60. The number of amides is 2. The third-order valence-corrected chi connectivity index (χ3v) is 4.37. The maximum atomic E-state index is 12.4. The van der Waals surface area contributed by atoms with Gasteiger partial charge in [0.1, 0.15) is 6.54 Å². The van der Waals surface area contributed by atoms with Gasteiger partial charge < -0.3 is 15.7 Å². The molecular formula is C20H20N2O4. The molecule has 0 spiro atoms. The zero-order chi connectivity index (χ0) is 18.5. The fourth-order valence-electron chi connectivity index (χ4n) is 3.04. The molecule has 6 nitrogen and oxygen atoms in total. The molecule has 0 saturated carbocycles. The van der Waals surface area contributed by atoms with Crippen LogP contribution in [0.2, 0.25) is 0 Å². The van der Waals surface area contributed by atoms with Gasteiger partial charge in [-0.1, -0.05) is 18.2 Å². The number of rotatable bonds is 6. The highest BCUT2D eigenvalue weighted by Crippen LogP contribution is 2.23. The molecule has 0 unspecified atom stereocenters. The van der Waals surface area contributed by atoms with E-state index in [0.29, 0.717) is 11.3 Å². The molecular weight excluding hydrogens is 332 g/mol. The van der Waals surface area contributed by atoms with Crippen molar-refractivity contribution in [3.63, 3.8) is 0 Å². The number of hydrogen-bond donors (Lipinski definition) is 3. The average molecular weight is 352 g/mol. The van der Waals surface area contributed by atoms with Gasteiger partial charge >= 0.3 is 5.97 Å². The van der Waals surface area contributed by atoms with Gasteiger partial charge in [0.2, 0.25) is 5.91 Å². The van der Waals surface area contributed by atoms with Gasteiger partial charge in [-0.2, -0.15) is 0 Å². The van der Waals surface area contributed by atoms with E-state index in [1.807, 2.05) is 18.2 Å². The third kappa shape index (κ3) is 4.47. The molecule has 0 aromatic heterocycles. The van der Waals surface area contributed by atoms with Gasteiger partial charge in [-0.05, 0) is 60.2 Å². The first kappa shape index (κ1) is 17.7. The molecule has 1 aliphatic carbocycles. The highest BCUT2D eigenvalue weighted by Gasteiger charge is 2.14. The molecule has 1 aliphatic rings. The first-order valence-corrected chi connectivity index (χ1v) is 8.52. The largest absolute Gasteiger partial charge is 0.480 e. The van der Waals surface area contributed by atoms with Crippen molar-refractivity contribution in [2.75, 3.05) is 11.9 Å². The second-order valence-electron chi connectivity index (χ2n) is 6.34. The predicted molar refractivity (Wildman–Crippen MR) is 97.2 cm³/mol. The van der Waals surface area contributed by atoms with E-state index in [9.17, 15) is 14.4 Å². The monoisotopic (exact) mass is 352 g/mol. The molecule has 0 bridgehead atoms. The Kier molecular flexibility index (Phi) is 5.31. The van der Waals surface area contributed by atoms with Crippen molar-refractivity contribution < 1.29 is 19.5 Å². The number of nitrogens with one attached hydrogen (secondary N) is 2. The van der Waals surface area contributed by atoms with Crippen molar-refractivity contribution in [3.8, 4) is 0 Å². The lowest BCUT2D eigenvalue weighted by molar-refractivity contribution is -0.137. The predicted octanol–water partition coefficient (Wildman–Crippen LogP) is 2.17. The summed E-state index contributed by atoms with van der Waals surface area (Å²) in [4.78, 5) is 34.4. The second kappa shape index (κ2) is 7.82. The number of fused-ring (bicyclic) bond motifs is 1. The van der Waals surface area contributed by atoms with Crippen LogP contribution in [0, 0.1) is 0 Å². The summed E-state index contributed by atoms with van der Waals surface area (Å²) in [7, 11) is 0. The van der Waals surface area contributed by atoms with Gasteiger partial charge in [-0.25, -0.2) is 0 Å². The number of anilines is 1. The molecule has 0 radical (unpaired) electrons. The van der Waals surface area contributed by atoms with E-state index in [2.05, 4.69) is 10.6 Å². The minimum atomic E-state index is -1.08. The zero-order valence-corrected chi connectivity index (χ0v) is 14.2. The van der Waals surface area contributed by atoms with Crippen LogP contribution in [0.3, 0.4) is 0 Å². The first-order chi connectivity index (χ1) is 12.5. The van der Waals surface area contributed by atoms with E-state index in [4.69, 9.17) is 5.11 Å². The highest BCUT2D eigenvalue weighted by atomic mass is 16.4. The van der Waals surface area contributed by atoms with Gasteiger partial charge in [0.05, 0.1) is 6.42 Å². The van der Waals surface area contributed by atoms with E-state index < -0.39 is 12.5 Å². The normalized spacial score (nSPS) is 12.3. The second-order valence-corrected chi connectivity index (χ2v) is 6.34. The summed E-state index contributed by atoms with van der Waals surface area (Å²) in [6.45, 7) is -0.395. The Balaban J connectivity index is 1.58. The van der Waals surface area contributed by atoms with E-state index in [-0.39, 0.29) is 18.2 Å². The number of carboxylic acid groups (broad SMARTS) is 1. The van der Waals surface area contributed by atoms with Gasteiger partial charge in [0, 0.05) is 11.3 Å². The maximum absolute atomic E-state index is 12.4. The fourth-order valence-corrected chi connectivity index (χ4v) is 3.04. The standard InChI is InChI=1S/C20H20N2O4/c23-18(21-12-19(24)25)10-13-4-8-17(9-5-13)22-20(26)16-7-6-14-2-1-3-15(14)11-16/h4-9,11H,1-3,10,12H2,(H,21,23)(H,22,26)(H,24,25).